The number of aryl methyl sites for hydroxylation is 1. The molecule has 2 atom stereocenters. The van der Waals surface area contributed by atoms with Gasteiger partial charge in [0.25, 0.3) is 0 Å². The lowest BCUT2D eigenvalue weighted by atomic mass is 10.0. The normalized spacial score (nSPS) is 13.7. The van der Waals surface area contributed by atoms with E-state index in [0.717, 1.165) is 16.9 Å². The van der Waals surface area contributed by atoms with Crippen LogP contribution in [-0.2, 0) is 0 Å². The lowest BCUT2D eigenvalue weighted by molar-refractivity contribution is 0.414. The van der Waals surface area contributed by atoms with Crippen molar-refractivity contribution in [2.45, 2.75) is 32.9 Å². The Morgan fingerprint density at radius 3 is 2.24 bits per heavy atom. The minimum atomic E-state index is 0.0719. The zero-order chi connectivity index (χ0) is 15.4. The van der Waals surface area contributed by atoms with E-state index in [-0.39, 0.29) is 12.1 Å². The minimum Gasteiger partial charge on any atom is -0.508 e. The molecule has 0 aromatic heterocycles. The summed E-state index contributed by atoms with van der Waals surface area (Å²) in [6.45, 7) is 6.15. The third-order valence-electron chi connectivity index (χ3n) is 3.77. The van der Waals surface area contributed by atoms with E-state index < -0.39 is 0 Å². The van der Waals surface area contributed by atoms with Gasteiger partial charge in [0.1, 0.15) is 11.5 Å². The maximum atomic E-state index is 10.1. The molecule has 112 valence electrons. The van der Waals surface area contributed by atoms with Crippen LogP contribution in [0, 0.1) is 6.92 Å². The smallest absolute Gasteiger partial charge is 0.120 e. The lowest BCUT2D eigenvalue weighted by Gasteiger charge is -2.22. The number of rotatable bonds is 5. The topological polar surface area (TPSA) is 41.5 Å². The van der Waals surface area contributed by atoms with E-state index in [1.807, 2.05) is 31.2 Å². The number of nitrogens with one attached hydrogen (secondary N) is 1. The largest absolute Gasteiger partial charge is 0.508 e. The van der Waals surface area contributed by atoms with Gasteiger partial charge in [-0.05, 0) is 50.1 Å². The second-order valence-corrected chi connectivity index (χ2v) is 5.45. The van der Waals surface area contributed by atoms with Gasteiger partial charge in [0.15, 0.2) is 0 Å². The fourth-order valence-electron chi connectivity index (χ4n) is 2.47. The molecule has 0 heterocycles. The quantitative estimate of drug-likeness (QED) is 0.868. The highest BCUT2D eigenvalue weighted by Crippen LogP contribution is 2.27. The molecule has 0 amide bonds. The van der Waals surface area contributed by atoms with Crippen LogP contribution in [0.2, 0.25) is 0 Å². The maximum absolute atomic E-state index is 10.1. The molecule has 0 aliphatic heterocycles. The summed E-state index contributed by atoms with van der Waals surface area (Å²) in [4.78, 5) is 0. The van der Waals surface area contributed by atoms with Crippen LogP contribution in [-0.4, -0.2) is 12.2 Å². The summed E-state index contributed by atoms with van der Waals surface area (Å²) in [5.41, 5.74) is 3.17. The van der Waals surface area contributed by atoms with Crippen LogP contribution in [0.15, 0.2) is 42.5 Å². The van der Waals surface area contributed by atoms with Crippen molar-refractivity contribution in [2.75, 3.05) is 7.11 Å². The van der Waals surface area contributed by atoms with Gasteiger partial charge >= 0.3 is 0 Å². The molecular formula is C18H23NO2. The summed E-state index contributed by atoms with van der Waals surface area (Å²) in [5, 5.41) is 13.6. The molecule has 2 N–H and O–H groups in total. The van der Waals surface area contributed by atoms with Gasteiger partial charge in [-0.1, -0.05) is 24.3 Å². The van der Waals surface area contributed by atoms with E-state index in [9.17, 15) is 5.11 Å². The van der Waals surface area contributed by atoms with E-state index in [1.165, 1.54) is 5.56 Å². The van der Waals surface area contributed by atoms with Gasteiger partial charge in [0, 0.05) is 17.6 Å². The Bertz CT molecular complexity index is 593. The average Bonchev–Trinajstić information content (AvgIpc) is 2.47. The van der Waals surface area contributed by atoms with Crippen LogP contribution in [0.3, 0.4) is 0 Å². The third kappa shape index (κ3) is 3.76. The van der Waals surface area contributed by atoms with Crippen LogP contribution in [0.25, 0.3) is 0 Å². The zero-order valence-corrected chi connectivity index (χ0v) is 13.1. The standard InChI is InChI=1S/C18H23NO2/c1-12-5-10-17(18(20)11-12)14(3)19-13(2)15-6-8-16(21-4)9-7-15/h5-11,13-14,19-20H,1-4H3/t13-,14?/m0/s1. The molecular weight excluding hydrogens is 262 g/mol. The number of hydrogen-bond acceptors (Lipinski definition) is 3. The van der Waals surface area contributed by atoms with E-state index in [2.05, 4.69) is 31.3 Å². The Balaban J connectivity index is 2.08. The van der Waals surface area contributed by atoms with Crippen LogP contribution in [0.1, 0.15) is 42.6 Å². The molecule has 2 rings (SSSR count). The molecule has 0 saturated carbocycles. The van der Waals surface area contributed by atoms with Crippen molar-refractivity contribution in [2.24, 2.45) is 0 Å². The van der Waals surface area contributed by atoms with E-state index >= 15 is 0 Å². The highest BCUT2D eigenvalue weighted by atomic mass is 16.5. The summed E-state index contributed by atoms with van der Waals surface area (Å²) >= 11 is 0. The third-order valence-corrected chi connectivity index (χ3v) is 3.77. The molecule has 0 fully saturated rings. The van der Waals surface area contributed by atoms with Crippen molar-refractivity contribution >= 4 is 0 Å². The first-order valence-corrected chi connectivity index (χ1v) is 7.20. The van der Waals surface area contributed by atoms with Crippen molar-refractivity contribution in [1.29, 1.82) is 0 Å². The Labute approximate surface area is 126 Å². The number of ether oxygens (including phenoxy) is 1. The predicted molar refractivity (Wildman–Crippen MR) is 85.8 cm³/mol. The van der Waals surface area contributed by atoms with Crippen molar-refractivity contribution in [1.82, 2.24) is 5.32 Å². The molecule has 0 bridgehead atoms. The molecule has 2 aromatic rings. The highest BCUT2D eigenvalue weighted by molar-refractivity contribution is 5.38. The van der Waals surface area contributed by atoms with E-state index in [4.69, 9.17) is 4.74 Å². The second kappa shape index (κ2) is 6.64. The number of methoxy groups -OCH3 is 1. The number of phenols is 1. The number of aromatic hydroxyl groups is 1. The maximum Gasteiger partial charge on any atom is 0.120 e. The van der Waals surface area contributed by atoms with Crippen LogP contribution < -0.4 is 10.1 Å². The van der Waals surface area contributed by atoms with Crippen molar-refractivity contribution in [3.8, 4) is 11.5 Å². The first kappa shape index (κ1) is 15.4. The molecule has 21 heavy (non-hydrogen) atoms. The molecule has 3 nitrogen and oxygen atoms in total. The Kier molecular flexibility index (Phi) is 4.86. The molecule has 0 spiro atoms. The predicted octanol–water partition coefficient (Wildman–Crippen LogP) is 4.12. The molecule has 3 heteroatoms. The van der Waals surface area contributed by atoms with E-state index in [1.54, 1.807) is 13.2 Å². The van der Waals surface area contributed by atoms with Gasteiger partial charge in [-0.15, -0.1) is 0 Å². The first-order valence-electron chi connectivity index (χ1n) is 7.20. The highest BCUT2D eigenvalue weighted by Gasteiger charge is 2.14. The minimum absolute atomic E-state index is 0.0719. The molecule has 0 aliphatic rings. The summed E-state index contributed by atoms with van der Waals surface area (Å²) in [5.74, 6) is 1.20. The van der Waals surface area contributed by atoms with Crippen molar-refractivity contribution in [3.63, 3.8) is 0 Å². The molecule has 0 aliphatic carbocycles. The van der Waals surface area contributed by atoms with Crippen LogP contribution in [0.4, 0.5) is 0 Å². The summed E-state index contributed by atoms with van der Waals surface area (Å²) in [6, 6.07) is 14.1. The fraction of sp³-hybridized carbons (Fsp3) is 0.333. The number of phenolic OH excluding ortho intramolecular Hbond substituents is 1. The second-order valence-electron chi connectivity index (χ2n) is 5.45. The molecule has 1 unspecified atom stereocenters. The Morgan fingerprint density at radius 2 is 1.67 bits per heavy atom. The Morgan fingerprint density at radius 1 is 1.00 bits per heavy atom. The SMILES string of the molecule is COc1ccc([C@H](C)NC(C)c2ccc(C)cc2O)cc1. The van der Waals surface area contributed by atoms with Gasteiger partial charge < -0.3 is 15.2 Å². The first-order chi connectivity index (χ1) is 10.0. The fourth-order valence-corrected chi connectivity index (χ4v) is 2.47. The number of benzene rings is 2. The van der Waals surface area contributed by atoms with Crippen molar-refractivity contribution < 1.29 is 9.84 Å². The van der Waals surface area contributed by atoms with Gasteiger partial charge in [0.2, 0.25) is 0 Å². The summed E-state index contributed by atoms with van der Waals surface area (Å²) in [6.07, 6.45) is 0. The van der Waals surface area contributed by atoms with Gasteiger partial charge in [-0.2, -0.15) is 0 Å². The van der Waals surface area contributed by atoms with Gasteiger partial charge in [0.05, 0.1) is 7.11 Å². The summed E-state index contributed by atoms with van der Waals surface area (Å²) in [7, 11) is 1.67. The number of hydrogen-bond donors (Lipinski definition) is 2. The Hall–Kier alpha value is -2.00. The monoisotopic (exact) mass is 285 g/mol. The van der Waals surface area contributed by atoms with Gasteiger partial charge in [-0.3, -0.25) is 0 Å². The van der Waals surface area contributed by atoms with Crippen LogP contribution in [0.5, 0.6) is 11.5 Å². The average molecular weight is 285 g/mol. The van der Waals surface area contributed by atoms with Crippen LogP contribution >= 0.6 is 0 Å². The molecule has 0 saturated heterocycles. The van der Waals surface area contributed by atoms with Gasteiger partial charge in [-0.25, -0.2) is 0 Å². The summed E-state index contributed by atoms with van der Waals surface area (Å²) < 4.78 is 5.17. The zero-order valence-electron chi connectivity index (χ0n) is 13.1. The van der Waals surface area contributed by atoms with E-state index in [0.29, 0.717) is 5.75 Å². The molecule has 2 aromatic carbocycles. The van der Waals surface area contributed by atoms with Crippen molar-refractivity contribution in [3.05, 3.63) is 59.2 Å². The lowest BCUT2D eigenvalue weighted by Crippen LogP contribution is -2.22. The molecule has 0 radical (unpaired) electrons.